The molecule has 100 valence electrons. The maximum absolute atomic E-state index is 11.1. The summed E-state index contributed by atoms with van der Waals surface area (Å²) in [4.78, 5) is 28.9. The molecule has 6 nitrogen and oxygen atoms in total. The maximum atomic E-state index is 11.1. The number of benzene rings is 1. The normalized spacial score (nSPS) is 15.1. The Bertz CT molecular complexity index is 444. The van der Waals surface area contributed by atoms with Crippen molar-refractivity contribution in [2.75, 3.05) is 0 Å². The molecule has 0 aliphatic heterocycles. The number of aliphatic carboxylic acids is 1. The van der Waals surface area contributed by atoms with Crippen LogP contribution in [0.15, 0.2) is 30.3 Å². The zero-order valence-electron chi connectivity index (χ0n) is 9.85. The first kappa shape index (κ1) is 14.9. The number of rotatable bonds is 6. The highest BCUT2D eigenvalue weighted by atomic mass is 31.2. The second-order valence-corrected chi connectivity index (χ2v) is 5.97. The molecule has 4 N–H and O–H groups in total. The number of carboxylic acids is 1. The van der Waals surface area contributed by atoms with E-state index in [-0.39, 0.29) is 6.42 Å². The van der Waals surface area contributed by atoms with Gasteiger partial charge < -0.3 is 14.9 Å². The summed E-state index contributed by atoms with van der Waals surface area (Å²) >= 11 is 0. The van der Waals surface area contributed by atoms with Crippen LogP contribution in [-0.4, -0.2) is 32.7 Å². The van der Waals surface area contributed by atoms with Gasteiger partial charge in [-0.05, 0) is 18.9 Å². The van der Waals surface area contributed by atoms with Crippen molar-refractivity contribution in [2.45, 2.75) is 25.2 Å². The third-order valence-electron chi connectivity index (χ3n) is 2.53. The average molecular weight is 273 g/mol. The van der Waals surface area contributed by atoms with E-state index in [2.05, 4.69) is 5.32 Å². The molecule has 0 bridgehead atoms. The lowest BCUT2D eigenvalue weighted by Gasteiger charge is -2.20. The predicted octanol–water partition coefficient (Wildman–Crippen LogP) is 0.796. The summed E-state index contributed by atoms with van der Waals surface area (Å²) in [6.07, 6.45) is 0.167. The fourth-order valence-corrected chi connectivity index (χ4v) is 1.83. The number of nitrogens with one attached hydrogen (secondary N) is 1. The van der Waals surface area contributed by atoms with E-state index in [0.717, 1.165) is 5.56 Å². The lowest BCUT2D eigenvalue weighted by Crippen LogP contribution is -2.43. The molecule has 2 atom stereocenters. The van der Waals surface area contributed by atoms with E-state index < -0.39 is 25.4 Å². The van der Waals surface area contributed by atoms with Crippen LogP contribution in [0.25, 0.3) is 0 Å². The van der Waals surface area contributed by atoms with E-state index in [0.29, 0.717) is 0 Å². The second kappa shape index (κ2) is 6.11. The van der Waals surface area contributed by atoms with Gasteiger partial charge in [-0.15, -0.1) is 0 Å². The summed E-state index contributed by atoms with van der Waals surface area (Å²) in [6.45, 7) is 1.27. The summed E-state index contributed by atoms with van der Waals surface area (Å²) in [6, 6.07) is 7.86. The van der Waals surface area contributed by atoms with Crippen LogP contribution in [0, 0.1) is 0 Å². The van der Waals surface area contributed by atoms with Gasteiger partial charge in [0.25, 0.3) is 0 Å². The molecule has 0 aromatic heterocycles. The van der Waals surface area contributed by atoms with Crippen LogP contribution in [0.2, 0.25) is 0 Å². The third kappa shape index (κ3) is 4.58. The van der Waals surface area contributed by atoms with Crippen molar-refractivity contribution in [1.29, 1.82) is 0 Å². The van der Waals surface area contributed by atoms with Crippen LogP contribution in [-0.2, 0) is 15.8 Å². The summed E-state index contributed by atoms with van der Waals surface area (Å²) < 4.78 is 11.0. The largest absolute Gasteiger partial charge is 0.480 e. The van der Waals surface area contributed by atoms with Crippen molar-refractivity contribution in [3.05, 3.63) is 35.9 Å². The van der Waals surface area contributed by atoms with Crippen molar-refractivity contribution in [1.82, 2.24) is 5.32 Å². The highest BCUT2D eigenvalue weighted by Gasteiger charge is 2.29. The van der Waals surface area contributed by atoms with Gasteiger partial charge in [0.15, 0.2) is 0 Å². The number of hydrogen-bond acceptors (Lipinski definition) is 3. The molecule has 18 heavy (non-hydrogen) atoms. The van der Waals surface area contributed by atoms with E-state index in [4.69, 9.17) is 14.9 Å². The van der Waals surface area contributed by atoms with E-state index in [9.17, 15) is 9.36 Å². The lowest BCUT2D eigenvalue weighted by atomic mass is 10.1. The average Bonchev–Trinajstić information content (AvgIpc) is 2.28. The minimum atomic E-state index is -4.33. The van der Waals surface area contributed by atoms with Crippen molar-refractivity contribution < 1.29 is 24.3 Å². The molecule has 1 aromatic carbocycles. The molecule has 1 aromatic rings. The van der Waals surface area contributed by atoms with Gasteiger partial charge in [0, 0.05) is 0 Å². The smallest absolute Gasteiger partial charge is 0.342 e. The van der Waals surface area contributed by atoms with Gasteiger partial charge >= 0.3 is 13.6 Å². The zero-order valence-corrected chi connectivity index (χ0v) is 10.7. The fourth-order valence-electron chi connectivity index (χ4n) is 1.46. The van der Waals surface area contributed by atoms with Crippen LogP contribution >= 0.6 is 7.60 Å². The Kier molecular flexibility index (Phi) is 5.04. The van der Waals surface area contributed by atoms with Crippen molar-refractivity contribution >= 4 is 13.6 Å². The SMILES string of the molecule is CC(NC(Cc1ccccc1)C(=O)O)P(=O)(O)O. The van der Waals surface area contributed by atoms with Gasteiger partial charge in [-0.25, -0.2) is 0 Å². The Morgan fingerprint density at radius 3 is 2.33 bits per heavy atom. The summed E-state index contributed by atoms with van der Waals surface area (Å²) in [5, 5.41) is 11.5. The van der Waals surface area contributed by atoms with Gasteiger partial charge in [-0.3, -0.25) is 14.7 Å². The zero-order chi connectivity index (χ0) is 13.8. The van der Waals surface area contributed by atoms with E-state index >= 15 is 0 Å². The molecular formula is C11H16NO5P. The molecule has 0 heterocycles. The molecule has 0 aliphatic carbocycles. The van der Waals surface area contributed by atoms with Gasteiger partial charge in [-0.2, -0.15) is 0 Å². The Labute approximate surface area is 105 Å². The van der Waals surface area contributed by atoms with Gasteiger partial charge in [0.05, 0.1) is 0 Å². The highest BCUT2D eigenvalue weighted by Crippen LogP contribution is 2.39. The standard InChI is InChI=1S/C11H16NO5P/c1-8(18(15,16)17)12-10(11(13)14)7-9-5-3-2-4-6-9/h2-6,8,10,12H,7H2,1H3,(H,13,14)(H2,15,16,17). The van der Waals surface area contributed by atoms with E-state index in [1.54, 1.807) is 24.3 Å². The molecule has 0 aliphatic rings. The quantitative estimate of drug-likeness (QED) is 0.571. The summed E-state index contributed by atoms with van der Waals surface area (Å²) in [7, 11) is -4.33. The Hall–Kier alpha value is -1.20. The minimum absolute atomic E-state index is 0.167. The molecular weight excluding hydrogens is 257 g/mol. The van der Waals surface area contributed by atoms with Crippen molar-refractivity contribution in [2.24, 2.45) is 0 Å². The van der Waals surface area contributed by atoms with Gasteiger partial charge in [-0.1, -0.05) is 30.3 Å². The predicted molar refractivity (Wildman–Crippen MR) is 66.2 cm³/mol. The first-order valence-corrected chi connectivity index (χ1v) is 7.07. The summed E-state index contributed by atoms with van der Waals surface area (Å²) in [5.41, 5.74) is 0.787. The van der Waals surface area contributed by atoms with Crippen LogP contribution in [0.3, 0.4) is 0 Å². The first-order chi connectivity index (χ1) is 8.30. The minimum Gasteiger partial charge on any atom is -0.480 e. The molecule has 1 rings (SSSR count). The monoisotopic (exact) mass is 273 g/mol. The molecule has 7 heteroatoms. The van der Waals surface area contributed by atoms with Crippen LogP contribution in [0.5, 0.6) is 0 Å². The van der Waals surface area contributed by atoms with Gasteiger partial charge in [0.1, 0.15) is 11.8 Å². The molecule has 2 unspecified atom stereocenters. The molecule has 0 fully saturated rings. The molecule has 0 saturated carbocycles. The highest BCUT2D eigenvalue weighted by molar-refractivity contribution is 7.52. The van der Waals surface area contributed by atoms with Crippen LogP contribution < -0.4 is 5.32 Å². The molecule has 0 radical (unpaired) electrons. The third-order valence-corrected chi connectivity index (χ3v) is 3.69. The fraction of sp³-hybridized carbons (Fsp3) is 0.364. The summed E-state index contributed by atoms with van der Waals surface area (Å²) in [5.74, 6) is -2.33. The van der Waals surface area contributed by atoms with Crippen LogP contribution in [0.1, 0.15) is 12.5 Å². The lowest BCUT2D eigenvalue weighted by molar-refractivity contribution is -0.139. The van der Waals surface area contributed by atoms with Crippen molar-refractivity contribution in [3.8, 4) is 0 Å². The topological polar surface area (TPSA) is 107 Å². The van der Waals surface area contributed by atoms with Crippen molar-refractivity contribution in [3.63, 3.8) is 0 Å². The Morgan fingerprint density at radius 1 is 1.33 bits per heavy atom. The number of hydrogen-bond donors (Lipinski definition) is 4. The first-order valence-electron chi connectivity index (χ1n) is 5.38. The molecule has 0 amide bonds. The van der Waals surface area contributed by atoms with Crippen LogP contribution in [0.4, 0.5) is 0 Å². The Balaban J connectivity index is 2.73. The van der Waals surface area contributed by atoms with Gasteiger partial charge in [0.2, 0.25) is 0 Å². The second-order valence-electron chi connectivity index (χ2n) is 4.01. The van der Waals surface area contributed by atoms with E-state index in [1.807, 2.05) is 6.07 Å². The molecule has 0 spiro atoms. The Morgan fingerprint density at radius 2 is 1.89 bits per heavy atom. The maximum Gasteiger partial charge on any atom is 0.342 e. The number of carboxylic acid groups (broad SMARTS) is 1. The molecule has 0 saturated heterocycles. The van der Waals surface area contributed by atoms with E-state index in [1.165, 1.54) is 6.92 Å². The number of carbonyl (C=O) groups is 1.